The molecular formula is C15H17N3O5. The van der Waals surface area contributed by atoms with E-state index in [9.17, 15) is 19.2 Å². The number of carbonyl (C=O) groups excluding carboxylic acids is 4. The third-order valence-corrected chi connectivity index (χ3v) is 2.46. The molecule has 0 fully saturated rings. The van der Waals surface area contributed by atoms with E-state index in [0.29, 0.717) is 5.56 Å². The molecule has 0 aliphatic carbocycles. The molecule has 4 amide bonds. The van der Waals surface area contributed by atoms with Gasteiger partial charge in [0.15, 0.2) is 6.61 Å². The number of hydrogen-bond acceptors (Lipinski definition) is 5. The molecule has 1 aromatic carbocycles. The molecule has 0 heterocycles. The first-order valence-corrected chi connectivity index (χ1v) is 6.65. The summed E-state index contributed by atoms with van der Waals surface area (Å²) >= 11 is 0. The van der Waals surface area contributed by atoms with Gasteiger partial charge in [0.2, 0.25) is 5.91 Å². The molecule has 0 spiro atoms. The summed E-state index contributed by atoms with van der Waals surface area (Å²) in [4.78, 5) is 45.4. The van der Waals surface area contributed by atoms with Crippen LogP contribution in [0.5, 0.6) is 0 Å². The minimum absolute atomic E-state index is 0.114. The van der Waals surface area contributed by atoms with Gasteiger partial charge in [-0.05, 0) is 11.6 Å². The number of imide groups is 1. The van der Waals surface area contributed by atoms with Gasteiger partial charge in [0.25, 0.3) is 5.91 Å². The van der Waals surface area contributed by atoms with Gasteiger partial charge in [0, 0.05) is 14.0 Å². The monoisotopic (exact) mass is 319 g/mol. The number of rotatable bonds is 5. The number of nitrogens with one attached hydrogen (secondary N) is 3. The molecule has 0 aliphatic rings. The molecule has 0 bridgehead atoms. The Balaban J connectivity index is 2.73. The highest BCUT2D eigenvalue weighted by Gasteiger charge is 2.15. The number of ether oxygens (including phenoxy) is 1. The zero-order valence-electron chi connectivity index (χ0n) is 12.7. The maximum Gasteiger partial charge on any atom is 0.355 e. The number of amides is 4. The lowest BCUT2D eigenvalue weighted by Crippen LogP contribution is -2.40. The van der Waals surface area contributed by atoms with E-state index in [0.717, 1.165) is 0 Å². The highest BCUT2D eigenvalue weighted by molar-refractivity contribution is 6.00. The molecule has 0 atom stereocenters. The summed E-state index contributed by atoms with van der Waals surface area (Å²) in [6.45, 7) is 0.586. The van der Waals surface area contributed by atoms with Gasteiger partial charge < -0.3 is 15.4 Å². The summed E-state index contributed by atoms with van der Waals surface area (Å²) in [6, 6.07) is 8.07. The molecule has 1 rings (SSSR count). The van der Waals surface area contributed by atoms with E-state index < -0.39 is 30.4 Å². The molecule has 122 valence electrons. The summed E-state index contributed by atoms with van der Waals surface area (Å²) in [6.07, 6.45) is 1.42. The first-order valence-electron chi connectivity index (χ1n) is 6.65. The van der Waals surface area contributed by atoms with E-state index in [4.69, 9.17) is 4.74 Å². The number of hydrogen-bond donors (Lipinski definition) is 3. The molecule has 0 aliphatic heterocycles. The Labute approximate surface area is 132 Å². The average Bonchev–Trinajstić information content (AvgIpc) is 2.52. The molecule has 8 nitrogen and oxygen atoms in total. The summed E-state index contributed by atoms with van der Waals surface area (Å²) in [7, 11) is 1.34. The van der Waals surface area contributed by atoms with Crippen molar-refractivity contribution in [1.29, 1.82) is 0 Å². The van der Waals surface area contributed by atoms with E-state index in [1.165, 1.54) is 20.0 Å². The predicted molar refractivity (Wildman–Crippen MR) is 81.8 cm³/mol. The van der Waals surface area contributed by atoms with Gasteiger partial charge in [-0.2, -0.15) is 0 Å². The highest BCUT2D eigenvalue weighted by Crippen LogP contribution is 2.06. The molecule has 0 aromatic heterocycles. The van der Waals surface area contributed by atoms with Crippen molar-refractivity contribution >= 4 is 29.9 Å². The number of esters is 1. The lowest BCUT2D eigenvalue weighted by atomic mass is 10.2. The lowest BCUT2D eigenvalue weighted by Gasteiger charge is -2.09. The normalized spacial score (nSPS) is 10.4. The summed E-state index contributed by atoms with van der Waals surface area (Å²) in [5.41, 5.74) is 0.555. The Morgan fingerprint density at radius 3 is 2.30 bits per heavy atom. The maximum absolute atomic E-state index is 12.0. The van der Waals surface area contributed by atoms with Gasteiger partial charge in [0.1, 0.15) is 5.70 Å². The van der Waals surface area contributed by atoms with Crippen molar-refractivity contribution in [1.82, 2.24) is 16.0 Å². The van der Waals surface area contributed by atoms with E-state index in [1.54, 1.807) is 30.3 Å². The van der Waals surface area contributed by atoms with Crippen LogP contribution in [-0.4, -0.2) is 37.5 Å². The molecule has 8 heteroatoms. The lowest BCUT2D eigenvalue weighted by molar-refractivity contribution is -0.145. The first kappa shape index (κ1) is 17.9. The molecule has 0 saturated heterocycles. The molecule has 1 aromatic rings. The standard InChI is InChI=1S/C15H17N3O5/c1-10(19)17-12(8-11-6-4-3-5-7-11)14(21)23-9-13(20)18-15(22)16-2/h3-8H,9H2,1-2H3,(H,17,19)(H2,16,18,20,22)/b12-8+. The number of benzene rings is 1. The van der Waals surface area contributed by atoms with Crippen molar-refractivity contribution in [3.63, 3.8) is 0 Å². The minimum atomic E-state index is -0.892. The van der Waals surface area contributed by atoms with Crippen molar-refractivity contribution in [2.24, 2.45) is 0 Å². The molecule has 0 radical (unpaired) electrons. The SMILES string of the molecule is CNC(=O)NC(=O)COC(=O)/C(=C\c1ccccc1)NC(C)=O. The Morgan fingerprint density at radius 1 is 1.09 bits per heavy atom. The fourth-order valence-electron chi connectivity index (χ4n) is 1.49. The van der Waals surface area contributed by atoms with Crippen molar-refractivity contribution in [3.05, 3.63) is 41.6 Å². The van der Waals surface area contributed by atoms with Crippen LogP contribution in [0.3, 0.4) is 0 Å². The second-order valence-corrected chi connectivity index (χ2v) is 4.35. The van der Waals surface area contributed by atoms with Crippen LogP contribution in [0, 0.1) is 0 Å². The van der Waals surface area contributed by atoms with Gasteiger partial charge in [0.05, 0.1) is 0 Å². The summed E-state index contributed by atoms with van der Waals surface area (Å²) < 4.78 is 4.77. The van der Waals surface area contributed by atoms with E-state index in [1.807, 2.05) is 5.32 Å². The summed E-state index contributed by atoms with van der Waals surface area (Å²) in [5.74, 6) is -2.14. The fourth-order valence-corrected chi connectivity index (χ4v) is 1.49. The molecule has 23 heavy (non-hydrogen) atoms. The van der Waals surface area contributed by atoms with Crippen LogP contribution in [0.4, 0.5) is 4.79 Å². The van der Waals surface area contributed by atoms with Gasteiger partial charge in [-0.25, -0.2) is 9.59 Å². The first-order chi connectivity index (χ1) is 10.9. The van der Waals surface area contributed by atoms with Crippen LogP contribution < -0.4 is 16.0 Å². The molecule has 3 N–H and O–H groups in total. The highest BCUT2D eigenvalue weighted by atomic mass is 16.5. The van der Waals surface area contributed by atoms with Crippen molar-refractivity contribution in [3.8, 4) is 0 Å². The molecular weight excluding hydrogens is 302 g/mol. The van der Waals surface area contributed by atoms with Gasteiger partial charge in [-0.1, -0.05) is 30.3 Å². The third kappa shape index (κ3) is 6.89. The van der Waals surface area contributed by atoms with E-state index in [-0.39, 0.29) is 5.70 Å². The molecule has 0 unspecified atom stereocenters. The van der Waals surface area contributed by atoms with Crippen LogP contribution >= 0.6 is 0 Å². The molecule has 0 saturated carbocycles. The topological polar surface area (TPSA) is 114 Å². The van der Waals surface area contributed by atoms with E-state index in [2.05, 4.69) is 10.6 Å². The Hall–Kier alpha value is -3.16. The van der Waals surface area contributed by atoms with Gasteiger partial charge in [-0.3, -0.25) is 14.9 Å². The largest absolute Gasteiger partial charge is 0.451 e. The van der Waals surface area contributed by atoms with Gasteiger partial charge >= 0.3 is 12.0 Å². The van der Waals surface area contributed by atoms with Crippen molar-refractivity contribution < 1.29 is 23.9 Å². The van der Waals surface area contributed by atoms with Crippen LogP contribution in [0.15, 0.2) is 36.0 Å². The third-order valence-electron chi connectivity index (χ3n) is 2.46. The zero-order chi connectivity index (χ0) is 17.2. The van der Waals surface area contributed by atoms with Crippen LogP contribution in [0.1, 0.15) is 12.5 Å². The fraction of sp³-hybridized carbons (Fsp3) is 0.200. The zero-order valence-corrected chi connectivity index (χ0v) is 12.7. The van der Waals surface area contributed by atoms with Crippen LogP contribution in [-0.2, 0) is 19.1 Å². The smallest absolute Gasteiger partial charge is 0.355 e. The number of urea groups is 1. The van der Waals surface area contributed by atoms with Crippen LogP contribution in [0.2, 0.25) is 0 Å². The van der Waals surface area contributed by atoms with E-state index >= 15 is 0 Å². The van der Waals surface area contributed by atoms with Crippen molar-refractivity contribution in [2.75, 3.05) is 13.7 Å². The second-order valence-electron chi connectivity index (χ2n) is 4.35. The quantitative estimate of drug-likeness (QED) is 0.528. The Bertz CT molecular complexity index is 625. The second kappa shape index (κ2) is 8.98. The summed E-state index contributed by atoms with van der Waals surface area (Å²) in [5, 5.41) is 6.47. The van der Waals surface area contributed by atoms with Crippen LogP contribution in [0.25, 0.3) is 6.08 Å². The Kier molecular flexibility index (Phi) is 6.99. The minimum Gasteiger partial charge on any atom is -0.451 e. The predicted octanol–water partition coefficient (Wildman–Crippen LogP) is 0.162. The number of carbonyl (C=O) groups is 4. The van der Waals surface area contributed by atoms with Gasteiger partial charge in [-0.15, -0.1) is 0 Å². The Morgan fingerprint density at radius 2 is 1.74 bits per heavy atom. The van der Waals surface area contributed by atoms with Crippen molar-refractivity contribution in [2.45, 2.75) is 6.92 Å². The maximum atomic E-state index is 12.0. The average molecular weight is 319 g/mol.